The summed E-state index contributed by atoms with van der Waals surface area (Å²) < 4.78 is 6.27. The predicted molar refractivity (Wildman–Crippen MR) is 103 cm³/mol. The topological polar surface area (TPSA) is 95.5 Å². The highest BCUT2D eigenvalue weighted by atomic mass is 28.4. The molecule has 0 aromatic carbocycles. The maximum Gasteiger partial charge on any atom is 0.225 e. The summed E-state index contributed by atoms with van der Waals surface area (Å²) in [5.74, 6) is -1.04. The Balaban J connectivity index is 3.08. The smallest absolute Gasteiger partial charge is 0.225 e. The molecule has 6 nitrogen and oxygen atoms in total. The Morgan fingerprint density at radius 1 is 1.44 bits per heavy atom. The van der Waals surface area contributed by atoms with Crippen molar-refractivity contribution in [3.05, 3.63) is 10.1 Å². The van der Waals surface area contributed by atoms with E-state index in [4.69, 9.17) is 10.2 Å². The predicted octanol–water partition coefficient (Wildman–Crippen LogP) is 3.62. The molecule has 7 heteroatoms. The molecule has 0 amide bonds. The van der Waals surface area contributed by atoms with Crippen LogP contribution in [0.3, 0.4) is 0 Å². The van der Waals surface area contributed by atoms with Crippen LogP contribution in [0.25, 0.3) is 0 Å². The van der Waals surface area contributed by atoms with Crippen LogP contribution in [0.5, 0.6) is 0 Å². The van der Waals surface area contributed by atoms with Gasteiger partial charge >= 0.3 is 0 Å². The van der Waals surface area contributed by atoms with Gasteiger partial charge in [-0.15, -0.1) is 0 Å². The van der Waals surface area contributed by atoms with E-state index in [0.29, 0.717) is 6.42 Å². The van der Waals surface area contributed by atoms with E-state index in [1.165, 1.54) is 0 Å². The van der Waals surface area contributed by atoms with Crippen LogP contribution in [0.4, 0.5) is 0 Å². The molecule has 1 aliphatic carbocycles. The highest BCUT2D eigenvalue weighted by molar-refractivity contribution is 6.74. The van der Waals surface area contributed by atoms with Crippen LogP contribution in [0.15, 0.2) is 0 Å². The van der Waals surface area contributed by atoms with Gasteiger partial charge in [0.1, 0.15) is 5.78 Å². The van der Waals surface area contributed by atoms with Crippen molar-refractivity contribution < 1.29 is 14.1 Å². The Morgan fingerprint density at radius 2 is 1.96 bits per heavy atom. The number of carbonyl (C=O) groups is 1. The number of carbonyl (C=O) groups excluding carboxylic acids is 1. The van der Waals surface area contributed by atoms with E-state index in [0.717, 1.165) is 0 Å². The average Bonchev–Trinajstić information content (AvgIpc) is 2.42. The van der Waals surface area contributed by atoms with E-state index < -0.39 is 25.7 Å². The van der Waals surface area contributed by atoms with Gasteiger partial charge in [0.05, 0.1) is 5.92 Å². The third-order valence-corrected chi connectivity index (χ3v) is 10.9. The highest BCUT2D eigenvalue weighted by Gasteiger charge is 2.57. The van der Waals surface area contributed by atoms with Crippen molar-refractivity contribution in [3.8, 4) is 0 Å². The lowest BCUT2D eigenvalue weighted by Crippen LogP contribution is -2.57. The summed E-state index contributed by atoms with van der Waals surface area (Å²) in [5.41, 5.74) is 4.70. The molecule has 0 radical (unpaired) electrons. The van der Waals surface area contributed by atoms with Crippen LogP contribution in [-0.4, -0.2) is 37.2 Å². The third-order valence-electron chi connectivity index (χ3n) is 6.42. The van der Waals surface area contributed by atoms with Crippen molar-refractivity contribution in [2.75, 3.05) is 6.61 Å². The number of hydrogen-bond acceptors (Lipinski definition) is 5. The molecule has 1 aliphatic rings. The Hall–Kier alpha value is -0.793. The molecule has 0 aromatic rings. The molecule has 25 heavy (non-hydrogen) atoms. The first-order valence-corrected chi connectivity index (χ1v) is 12.1. The summed E-state index contributed by atoms with van der Waals surface area (Å²) in [6, 6.07) is -0.141. The van der Waals surface area contributed by atoms with Crippen LogP contribution in [0.1, 0.15) is 54.4 Å². The van der Waals surface area contributed by atoms with Gasteiger partial charge in [0.15, 0.2) is 8.32 Å². The number of nitrogens with zero attached hydrogens (tertiary/aromatic N) is 1. The fourth-order valence-electron chi connectivity index (χ4n) is 3.56. The van der Waals surface area contributed by atoms with Gasteiger partial charge in [-0.05, 0) is 31.5 Å². The number of Topliss-reactive ketones (excluding diaryl/α,β-unsaturated/α-hetero) is 1. The van der Waals surface area contributed by atoms with Crippen LogP contribution >= 0.6 is 0 Å². The van der Waals surface area contributed by atoms with Crippen molar-refractivity contribution in [1.29, 1.82) is 0 Å². The number of nitro groups is 1. The van der Waals surface area contributed by atoms with Gasteiger partial charge in [0.25, 0.3) is 0 Å². The third kappa shape index (κ3) is 4.68. The number of hydrogen-bond donors (Lipinski definition) is 1. The molecule has 0 spiro atoms. The largest absolute Gasteiger partial charge is 0.416 e. The van der Waals surface area contributed by atoms with Gasteiger partial charge in [0.2, 0.25) is 5.54 Å². The molecule has 146 valence electrons. The first-order chi connectivity index (χ1) is 11.1. The normalized spacial score (nSPS) is 32.5. The summed E-state index contributed by atoms with van der Waals surface area (Å²) in [6.07, 6.45) is 0.749. The SMILES string of the molecule is CC(N)CC1CC(C)([N+](=O)[O-])C(CO[Si](C)(C)C(C)(C)C)C(C)C1=O. The first-order valence-electron chi connectivity index (χ1n) is 9.21. The van der Waals surface area contributed by atoms with Crippen molar-refractivity contribution in [3.63, 3.8) is 0 Å². The van der Waals surface area contributed by atoms with Crippen LogP contribution in [0.2, 0.25) is 18.1 Å². The van der Waals surface area contributed by atoms with E-state index in [1.54, 1.807) is 6.92 Å². The molecular weight excluding hydrogens is 336 g/mol. The number of nitrogens with two attached hydrogens (primary N) is 1. The molecule has 0 aliphatic heterocycles. The fraction of sp³-hybridized carbons (Fsp3) is 0.944. The molecule has 1 rings (SSSR count). The average molecular weight is 373 g/mol. The second kappa shape index (κ2) is 7.45. The monoisotopic (exact) mass is 372 g/mol. The van der Waals surface area contributed by atoms with Gasteiger partial charge in [0, 0.05) is 42.8 Å². The first kappa shape index (κ1) is 22.2. The maximum absolute atomic E-state index is 12.8. The molecule has 0 saturated heterocycles. The van der Waals surface area contributed by atoms with Gasteiger partial charge < -0.3 is 10.2 Å². The fourth-order valence-corrected chi connectivity index (χ4v) is 4.59. The Bertz CT molecular complexity index is 516. The van der Waals surface area contributed by atoms with E-state index in [-0.39, 0.29) is 40.7 Å². The minimum absolute atomic E-state index is 0.0252. The Morgan fingerprint density at radius 3 is 2.36 bits per heavy atom. The van der Waals surface area contributed by atoms with Crippen molar-refractivity contribution >= 4 is 14.1 Å². The molecule has 5 atom stereocenters. The van der Waals surface area contributed by atoms with Gasteiger partial charge in [-0.2, -0.15) is 0 Å². The highest BCUT2D eigenvalue weighted by Crippen LogP contribution is 2.44. The Kier molecular flexibility index (Phi) is 6.63. The molecule has 1 fully saturated rings. The zero-order valence-electron chi connectivity index (χ0n) is 17.1. The van der Waals surface area contributed by atoms with Crippen molar-refractivity contribution in [1.82, 2.24) is 0 Å². The maximum atomic E-state index is 12.8. The van der Waals surface area contributed by atoms with E-state index in [2.05, 4.69) is 33.9 Å². The summed E-state index contributed by atoms with van der Waals surface area (Å²) >= 11 is 0. The molecule has 0 aromatic heterocycles. The summed E-state index contributed by atoms with van der Waals surface area (Å²) in [5, 5.41) is 11.9. The second-order valence-corrected chi connectivity index (χ2v) is 14.4. The number of rotatable bonds is 6. The standard InChI is InChI=1S/C18H36N2O4Si/c1-12(19)9-14-10-18(6,20(22)23)15(13(2)16(14)21)11-24-25(7,8)17(3,4)5/h12-15H,9-11,19H2,1-8H3. The van der Waals surface area contributed by atoms with Gasteiger partial charge in [-0.1, -0.05) is 27.7 Å². The summed E-state index contributed by atoms with van der Waals surface area (Å²) in [4.78, 5) is 24.5. The minimum atomic E-state index is -2.03. The molecular formula is C18H36N2O4Si. The van der Waals surface area contributed by atoms with E-state index >= 15 is 0 Å². The molecule has 2 N–H and O–H groups in total. The zero-order valence-corrected chi connectivity index (χ0v) is 18.1. The lowest BCUT2D eigenvalue weighted by Gasteiger charge is -2.44. The van der Waals surface area contributed by atoms with Crippen LogP contribution < -0.4 is 5.73 Å². The van der Waals surface area contributed by atoms with Crippen LogP contribution in [0, 0.1) is 27.9 Å². The van der Waals surface area contributed by atoms with Crippen LogP contribution in [-0.2, 0) is 9.22 Å². The molecule has 5 unspecified atom stereocenters. The lowest BCUT2D eigenvalue weighted by molar-refractivity contribution is -0.582. The van der Waals surface area contributed by atoms with Gasteiger partial charge in [-0.25, -0.2) is 0 Å². The second-order valence-electron chi connectivity index (χ2n) is 9.60. The van der Waals surface area contributed by atoms with Crippen molar-refractivity contribution in [2.24, 2.45) is 23.5 Å². The minimum Gasteiger partial charge on any atom is -0.416 e. The molecule has 0 bridgehead atoms. The lowest BCUT2D eigenvalue weighted by atomic mass is 9.63. The summed E-state index contributed by atoms with van der Waals surface area (Å²) in [6.45, 7) is 16.3. The zero-order chi connectivity index (χ0) is 19.8. The quantitative estimate of drug-likeness (QED) is 0.436. The Labute approximate surface area is 153 Å². The summed E-state index contributed by atoms with van der Waals surface area (Å²) in [7, 11) is -2.03. The molecule has 1 saturated carbocycles. The number of ketones is 1. The van der Waals surface area contributed by atoms with Crippen molar-refractivity contribution in [2.45, 2.75) is 84.1 Å². The van der Waals surface area contributed by atoms with E-state index in [9.17, 15) is 14.9 Å². The van der Waals surface area contributed by atoms with E-state index in [1.807, 2.05) is 13.8 Å². The molecule has 0 heterocycles. The van der Waals surface area contributed by atoms with Gasteiger partial charge in [-0.3, -0.25) is 14.9 Å².